The Hall–Kier alpha value is -0.320. The summed E-state index contributed by atoms with van der Waals surface area (Å²) in [5.41, 5.74) is 11.6. The van der Waals surface area contributed by atoms with E-state index in [9.17, 15) is 5.11 Å². The molecule has 0 aliphatic heterocycles. The number of hydrogen-bond acceptors (Lipinski definition) is 3. The summed E-state index contributed by atoms with van der Waals surface area (Å²) in [6, 6.07) is 4.60. The van der Waals surface area contributed by atoms with E-state index in [1.807, 2.05) is 0 Å². The molecule has 84 valence electrons. The molecule has 2 atom stereocenters. The number of aliphatic hydroxyl groups excluding tert-OH is 1. The molecule has 2 unspecified atom stereocenters. The summed E-state index contributed by atoms with van der Waals surface area (Å²) in [7, 11) is 0. The van der Waals surface area contributed by atoms with Gasteiger partial charge in [0.25, 0.3) is 0 Å². The van der Waals surface area contributed by atoms with Gasteiger partial charge in [-0.05, 0) is 25.1 Å². The maximum atomic E-state index is 9.93. The Balaban J connectivity index is 2.94. The van der Waals surface area contributed by atoms with Crippen LogP contribution in [0.4, 0.5) is 0 Å². The smallest absolute Gasteiger partial charge is 0.0970 e. The number of rotatable bonds is 4. The molecule has 0 saturated heterocycles. The van der Waals surface area contributed by atoms with E-state index >= 15 is 0 Å². The fraction of sp³-hybridized carbons (Fsp3) is 0.400. The summed E-state index contributed by atoms with van der Waals surface area (Å²) in [4.78, 5) is 0. The largest absolute Gasteiger partial charge is 0.387 e. The Morgan fingerprint density at radius 1 is 1.27 bits per heavy atom. The first-order chi connectivity index (χ1) is 7.07. The summed E-state index contributed by atoms with van der Waals surface area (Å²) >= 11 is 11.9. The van der Waals surface area contributed by atoms with Gasteiger partial charge in [-0.3, -0.25) is 0 Å². The molecule has 0 amide bonds. The van der Waals surface area contributed by atoms with Gasteiger partial charge in [-0.25, -0.2) is 0 Å². The highest BCUT2D eigenvalue weighted by Crippen LogP contribution is 2.31. The van der Waals surface area contributed by atoms with E-state index in [1.165, 1.54) is 0 Å². The van der Waals surface area contributed by atoms with Crippen LogP contribution >= 0.6 is 23.2 Å². The molecule has 5 heteroatoms. The van der Waals surface area contributed by atoms with Crippen LogP contribution in [-0.2, 0) is 0 Å². The number of halogens is 2. The average molecular weight is 249 g/mol. The predicted octanol–water partition coefficient (Wildman–Crippen LogP) is 1.70. The van der Waals surface area contributed by atoms with Crippen LogP contribution in [0.15, 0.2) is 18.2 Å². The van der Waals surface area contributed by atoms with Crippen molar-refractivity contribution in [2.75, 3.05) is 6.54 Å². The minimum absolute atomic E-state index is 0.417. The van der Waals surface area contributed by atoms with Gasteiger partial charge in [-0.2, -0.15) is 0 Å². The molecule has 0 radical (unpaired) electrons. The van der Waals surface area contributed by atoms with Crippen molar-refractivity contribution in [3.8, 4) is 0 Å². The highest BCUT2D eigenvalue weighted by atomic mass is 35.5. The van der Waals surface area contributed by atoms with Gasteiger partial charge in [0.05, 0.1) is 6.10 Å². The first-order valence-electron chi connectivity index (χ1n) is 4.65. The van der Waals surface area contributed by atoms with Crippen molar-refractivity contribution in [1.29, 1.82) is 0 Å². The third-order valence-electron chi connectivity index (χ3n) is 2.20. The quantitative estimate of drug-likeness (QED) is 0.760. The molecule has 0 spiro atoms. The summed E-state index contributed by atoms with van der Waals surface area (Å²) < 4.78 is 0. The number of benzene rings is 1. The Labute approximate surface area is 99.0 Å². The molecule has 0 bridgehead atoms. The third-order valence-corrected chi connectivity index (χ3v) is 2.86. The summed E-state index contributed by atoms with van der Waals surface area (Å²) in [5.74, 6) is 0. The van der Waals surface area contributed by atoms with E-state index < -0.39 is 12.1 Å². The van der Waals surface area contributed by atoms with Crippen molar-refractivity contribution in [3.63, 3.8) is 0 Å². The molecule has 0 fully saturated rings. The molecule has 0 aliphatic rings. The molecular formula is C10H14Cl2N2O. The van der Waals surface area contributed by atoms with Gasteiger partial charge in [0, 0.05) is 21.7 Å². The summed E-state index contributed by atoms with van der Waals surface area (Å²) in [6.45, 7) is 0.417. The first kappa shape index (κ1) is 12.7. The highest BCUT2D eigenvalue weighted by Gasteiger charge is 2.21. The number of hydrogen-bond donors (Lipinski definition) is 3. The van der Waals surface area contributed by atoms with E-state index in [0.29, 0.717) is 28.6 Å². The Bertz CT molecular complexity index is 313. The van der Waals surface area contributed by atoms with E-state index in [4.69, 9.17) is 34.7 Å². The van der Waals surface area contributed by atoms with Crippen molar-refractivity contribution >= 4 is 23.2 Å². The number of aliphatic hydroxyl groups is 1. The second kappa shape index (κ2) is 5.68. The van der Waals surface area contributed by atoms with Gasteiger partial charge in [-0.1, -0.05) is 29.3 Å². The monoisotopic (exact) mass is 248 g/mol. The Morgan fingerprint density at radius 2 is 1.80 bits per heavy atom. The normalized spacial score (nSPS) is 15.0. The minimum Gasteiger partial charge on any atom is -0.387 e. The molecular weight excluding hydrogens is 235 g/mol. The van der Waals surface area contributed by atoms with E-state index in [-0.39, 0.29) is 0 Å². The molecule has 0 aliphatic carbocycles. The van der Waals surface area contributed by atoms with E-state index in [1.54, 1.807) is 18.2 Å². The number of nitrogens with two attached hydrogens (primary N) is 2. The molecule has 0 heterocycles. The molecule has 0 aromatic heterocycles. The van der Waals surface area contributed by atoms with Crippen molar-refractivity contribution in [2.45, 2.75) is 18.6 Å². The molecule has 3 nitrogen and oxygen atoms in total. The van der Waals surface area contributed by atoms with Gasteiger partial charge in [0.15, 0.2) is 0 Å². The zero-order chi connectivity index (χ0) is 11.4. The van der Waals surface area contributed by atoms with Crippen molar-refractivity contribution in [3.05, 3.63) is 33.8 Å². The third kappa shape index (κ3) is 3.06. The van der Waals surface area contributed by atoms with Crippen LogP contribution in [-0.4, -0.2) is 17.7 Å². The van der Waals surface area contributed by atoms with E-state index in [2.05, 4.69) is 0 Å². The molecule has 1 rings (SSSR count). The minimum atomic E-state index is -0.880. The molecule has 5 N–H and O–H groups in total. The van der Waals surface area contributed by atoms with Gasteiger partial charge in [0.2, 0.25) is 0 Å². The fourth-order valence-corrected chi connectivity index (χ4v) is 1.98. The topological polar surface area (TPSA) is 72.3 Å². The Kier molecular flexibility index (Phi) is 4.83. The van der Waals surface area contributed by atoms with Crippen LogP contribution in [0.2, 0.25) is 10.0 Å². The molecule has 0 saturated carbocycles. The molecule has 1 aromatic rings. The van der Waals surface area contributed by atoms with Crippen LogP contribution in [0.3, 0.4) is 0 Å². The zero-order valence-electron chi connectivity index (χ0n) is 8.16. The molecule has 1 aromatic carbocycles. The lowest BCUT2D eigenvalue weighted by atomic mass is 10.0. The van der Waals surface area contributed by atoms with E-state index in [0.717, 1.165) is 0 Å². The highest BCUT2D eigenvalue weighted by molar-refractivity contribution is 6.36. The SMILES string of the molecule is NCCC(N)C(O)c1c(Cl)cccc1Cl. The van der Waals surface area contributed by atoms with Crippen LogP contribution in [0.25, 0.3) is 0 Å². The van der Waals surface area contributed by atoms with Crippen LogP contribution < -0.4 is 11.5 Å². The first-order valence-corrected chi connectivity index (χ1v) is 5.41. The predicted molar refractivity (Wildman–Crippen MR) is 63.1 cm³/mol. The van der Waals surface area contributed by atoms with Gasteiger partial charge >= 0.3 is 0 Å². The van der Waals surface area contributed by atoms with Crippen LogP contribution in [0.5, 0.6) is 0 Å². The maximum absolute atomic E-state index is 9.93. The lowest BCUT2D eigenvalue weighted by molar-refractivity contribution is 0.143. The second-order valence-corrected chi connectivity index (χ2v) is 4.14. The standard InChI is InChI=1S/C10H14Cl2N2O/c11-6-2-1-3-7(12)9(6)10(15)8(14)4-5-13/h1-3,8,10,15H,4-5,13-14H2. The van der Waals surface area contributed by atoms with Crippen molar-refractivity contribution in [2.24, 2.45) is 11.5 Å². The Morgan fingerprint density at radius 3 is 2.27 bits per heavy atom. The fourth-order valence-electron chi connectivity index (χ4n) is 1.36. The summed E-state index contributed by atoms with van der Waals surface area (Å²) in [5, 5.41) is 10.8. The van der Waals surface area contributed by atoms with Gasteiger partial charge in [0.1, 0.15) is 0 Å². The summed E-state index contributed by atoms with van der Waals surface area (Å²) in [6.07, 6.45) is -0.363. The lowest BCUT2D eigenvalue weighted by Crippen LogP contribution is -2.31. The lowest BCUT2D eigenvalue weighted by Gasteiger charge is -2.20. The zero-order valence-corrected chi connectivity index (χ0v) is 9.67. The maximum Gasteiger partial charge on any atom is 0.0970 e. The van der Waals surface area contributed by atoms with Crippen LogP contribution in [0.1, 0.15) is 18.1 Å². The van der Waals surface area contributed by atoms with Crippen molar-refractivity contribution < 1.29 is 5.11 Å². The van der Waals surface area contributed by atoms with Gasteiger partial charge in [-0.15, -0.1) is 0 Å². The average Bonchev–Trinajstić information content (AvgIpc) is 2.17. The second-order valence-electron chi connectivity index (χ2n) is 3.32. The van der Waals surface area contributed by atoms with Crippen molar-refractivity contribution in [1.82, 2.24) is 0 Å². The van der Waals surface area contributed by atoms with Crippen LogP contribution in [0, 0.1) is 0 Å². The van der Waals surface area contributed by atoms with Gasteiger partial charge < -0.3 is 16.6 Å². The molecule has 15 heavy (non-hydrogen) atoms.